The Balaban J connectivity index is 1.44. The minimum atomic E-state index is 0.148. The maximum atomic E-state index is 12.6. The molecule has 0 aromatic heterocycles. The van der Waals surface area contributed by atoms with Gasteiger partial charge in [0.05, 0.1) is 19.6 Å². The summed E-state index contributed by atoms with van der Waals surface area (Å²) >= 11 is 0. The van der Waals surface area contributed by atoms with Gasteiger partial charge in [0, 0.05) is 43.1 Å². The third-order valence-corrected chi connectivity index (χ3v) is 5.36. The minimum absolute atomic E-state index is 0.148. The zero-order chi connectivity index (χ0) is 18.1. The summed E-state index contributed by atoms with van der Waals surface area (Å²) < 4.78 is 11.7. The Bertz CT molecular complexity index is 794. The molecule has 0 spiro atoms. The molecule has 0 N–H and O–H groups in total. The lowest BCUT2D eigenvalue weighted by Crippen LogP contribution is -2.30. The van der Waals surface area contributed by atoms with Crippen molar-refractivity contribution in [2.75, 3.05) is 26.8 Å². The van der Waals surface area contributed by atoms with Crippen molar-refractivity contribution in [1.29, 1.82) is 0 Å². The maximum Gasteiger partial charge on any atom is 0.226 e. The van der Waals surface area contributed by atoms with Gasteiger partial charge in [-0.05, 0) is 25.0 Å². The molecule has 2 aliphatic heterocycles. The number of hydrogen-bond donors (Lipinski definition) is 0. The van der Waals surface area contributed by atoms with Crippen LogP contribution < -0.4 is 9.47 Å². The number of carbonyl (C=O) groups excluding carboxylic acids is 1. The second-order valence-corrected chi connectivity index (χ2v) is 7.24. The molecule has 1 amide bonds. The highest BCUT2D eigenvalue weighted by Crippen LogP contribution is 2.40. The van der Waals surface area contributed by atoms with Crippen molar-refractivity contribution in [3.05, 3.63) is 58.1 Å². The van der Waals surface area contributed by atoms with Gasteiger partial charge >= 0.3 is 0 Å². The normalized spacial score (nSPS) is 14.4. The molecule has 4 rings (SSSR count). The van der Waals surface area contributed by atoms with Crippen molar-refractivity contribution in [2.24, 2.45) is 0 Å². The fourth-order valence-electron chi connectivity index (χ4n) is 3.77. The maximum absolute atomic E-state index is 12.6. The molecule has 4 heteroatoms. The summed E-state index contributed by atoms with van der Waals surface area (Å²) in [5, 5.41) is 0. The Kier molecular flexibility index (Phi) is 4.58. The Labute approximate surface area is 154 Å². The largest absolute Gasteiger partial charge is 0.493 e. The van der Waals surface area contributed by atoms with Crippen molar-refractivity contribution in [3.8, 4) is 11.5 Å². The first-order valence-electron chi connectivity index (χ1n) is 9.34. The van der Waals surface area contributed by atoms with E-state index >= 15 is 0 Å². The van der Waals surface area contributed by atoms with Gasteiger partial charge in [-0.3, -0.25) is 4.79 Å². The predicted molar refractivity (Wildman–Crippen MR) is 101 cm³/mol. The van der Waals surface area contributed by atoms with Gasteiger partial charge in [0.15, 0.2) is 0 Å². The quantitative estimate of drug-likeness (QED) is 0.831. The average molecular weight is 351 g/mol. The van der Waals surface area contributed by atoms with Crippen LogP contribution in [0.4, 0.5) is 0 Å². The first-order chi connectivity index (χ1) is 12.6. The third kappa shape index (κ3) is 3.28. The van der Waals surface area contributed by atoms with Gasteiger partial charge in [-0.2, -0.15) is 0 Å². The molecule has 0 fully saturated rings. The van der Waals surface area contributed by atoms with Crippen LogP contribution in [0.3, 0.4) is 0 Å². The highest BCUT2D eigenvalue weighted by atomic mass is 16.5. The SMILES string of the molecule is Cc1ccc(CC(=O)N(C)CCc2c3c(cc4c2OCC4)OCC3)cc1. The molecule has 0 atom stereocenters. The molecular weight excluding hydrogens is 326 g/mol. The number of nitrogens with zero attached hydrogens (tertiary/aromatic N) is 1. The predicted octanol–water partition coefficient (Wildman–Crippen LogP) is 3.11. The molecule has 2 aromatic carbocycles. The number of ether oxygens (including phenoxy) is 2. The first kappa shape index (κ1) is 17.0. The van der Waals surface area contributed by atoms with Crippen LogP contribution in [0.1, 0.15) is 27.8 Å². The van der Waals surface area contributed by atoms with Crippen molar-refractivity contribution in [2.45, 2.75) is 32.6 Å². The van der Waals surface area contributed by atoms with Crippen LogP contribution in [-0.4, -0.2) is 37.6 Å². The zero-order valence-electron chi connectivity index (χ0n) is 15.5. The minimum Gasteiger partial charge on any atom is -0.493 e. The van der Waals surface area contributed by atoms with Crippen molar-refractivity contribution in [1.82, 2.24) is 4.90 Å². The molecular formula is C22H25NO3. The van der Waals surface area contributed by atoms with Crippen LogP contribution in [0.15, 0.2) is 30.3 Å². The van der Waals surface area contributed by atoms with Crippen LogP contribution in [0, 0.1) is 6.92 Å². The smallest absolute Gasteiger partial charge is 0.226 e. The van der Waals surface area contributed by atoms with Crippen LogP contribution in [0.2, 0.25) is 0 Å². The van der Waals surface area contributed by atoms with E-state index in [-0.39, 0.29) is 5.91 Å². The van der Waals surface area contributed by atoms with Crippen LogP contribution in [0.25, 0.3) is 0 Å². The number of likely N-dealkylation sites (N-methyl/N-ethyl adjacent to an activating group) is 1. The van der Waals surface area contributed by atoms with Gasteiger partial charge in [0.25, 0.3) is 0 Å². The molecule has 2 aromatic rings. The van der Waals surface area contributed by atoms with E-state index in [0.29, 0.717) is 13.0 Å². The summed E-state index contributed by atoms with van der Waals surface area (Å²) in [6, 6.07) is 10.3. The molecule has 0 unspecified atom stereocenters. The van der Waals surface area contributed by atoms with E-state index < -0.39 is 0 Å². The number of hydrogen-bond acceptors (Lipinski definition) is 3. The van der Waals surface area contributed by atoms with Crippen molar-refractivity contribution in [3.63, 3.8) is 0 Å². The molecule has 0 saturated heterocycles. The molecule has 4 nitrogen and oxygen atoms in total. The monoisotopic (exact) mass is 351 g/mol. The fraction of sp³-hybridized carbons (Fsp3) is 0.409. The van der Waals surface area contributed by atoms with Crippen LogP contribution in [-0.2, 0) is 30.5 Å². The third-order valence-electron chi connectivity index (χ3n) is 5.36. The van der Waals surface area contributed by atoms with E-state index in [4.69, 9.17) is 9.47 Å². The Morgan fingerprint density at radius 1 is 1.12 bits per heavy atom. The Morgan fingerprint density at radius 3 is 2.69 bits per heavy atom. The summed E-state index contributed by atoms with van der Waals surface area (Å²) in [7, 11) is 1.89. The fourth-order valence-corrected chi connectivity index (χ4v) is 3.77. The van der Waals surface area contributed by atoms with Gasteiger partial charge in [-0.1, -0.05) is 29.8 Å². The van der Waals surface area contributed by atoms with Crippen molar-refractivity contribution >= 4 is 5.91 Å². The van der Waals surface area contributed by atoms with Gasteiger partial charge in [-0.15, -0.1) is 0 Å². The van der Waals surface area contributed by atoms with E-state index in [2.05, 4.69) is 25.1 Å². The second kappa shape index (κ2) is 7.02. The van der Waals surface area contributed by atoms with E-state index in [0.717, 1.165) is 49.5 Å². The number of rotatable bonds is 5. The molecule has 2 heterocycles. The lowest BCUT2D eigenvalue weighted by Gasteiger charge is -2.19. The average Bonchev–Trinajstić information content (AvgIpc) is 3.29. The first-order valence-corrected chi connectivity index (χ1v) is 9.34. The van der Waals surface area contributed by atoms with E-state index in [1.165, 1.54) is 22.3 Å². The van der Waals surface area contributed by atoms with Crippen LogP contribution in [0.5, 0.6) is 11.5 Å². The summed E-state index contributed by atoms with van der Waals surface area (Å²) in [4.78, 5) is 14.4. The van der Waals surface area contributed by atoms with Gasteiger partial charge in [0.1, 0.15) is 11.5 Å². The van der Waals surface area contributed by atoms with Gasteiger partial charge in [-0.25, -0.2) is 0 Å². The molecule has 2 aliphatic rings. The van der Waals surface area contributed by atoms with Gasteiger partial charge < -0.3 is 14.4 Å². The Hall–Kier alpha value is -2.49. The Morgan fingerprint density at radius 2 is 1.88 bits per heavy atom. The molecule has 26 heavy (non-hydrogen) atoms. The molecule has 0 saturated carbocycles. The molecule has 0 radical (unpaired) electrons. The summed E-state index contributed by atoms with van der Waals surface area (Å²) in [6.45, 7) is 4.23. The lowest BCUT2D eigenvalue weighted by atomic mass is 9.97. The standard InChI is InChI=1S/C22H25NO3/c1-15-3-5-16(6-4-15)13-21(24)23(2)10-7-19-18-9-12-25-20(18)14-17-8-11-26-22(17)19/h3-6,14H,7-13H2,1-2H3. The molecule has 0 aliphatic carbocycles. The lowest BCUT2D eigenvalue weighted by molar-refractivity contribution is -0.129. The number of aryl methyl sites for hydroxylation is 1. The van der Waals surface area contributed by atoms with Crippen LogP contribution >= 0.6 is 0 Å². The number of fused-ring (bicyclic) bond motifs is 2. The van der Waals surface area contributed by atoms with E-state index in [1.807, 2.05) is 24.1 Å². The van der Waals surface area contributed by atoms with E-state index in [9.17, 15) is 4.79 Å². The number of amides is 1. The summed E-state index contributed by atoms with van der Waals surface area (Å²) in [5.41, 5.74) is 6.02. The topological polar surface area (TPSA) is 38.8 Å². The number of carbonyl (C=O) groups is 1. The highest BCUT2D eigenvalue weighted by Gasteiger charge is 2.26. The summed E-state index contributed by atoms with van der Waals surface area (Å²) in [5.74, 6) is 2.20. The summed E-state index contributed by atoms with van der Waals surface area (Å²) in [6.07, 6.45) is 3.13. The highest BCUT2D eigenvalue weighted by molar-refractivity contribution is 5.78. The van der Waals surface area contributed by atoms with Crippen molar-refractivity contribution < 1.29 is 14.3 Å². The van der Waals surface area contributed by atoms with E-state index in [1.54, 1.807) is 0 Å². The zero-order valence-corrected chi connectivity index (χ0v) is 15.5. The second-order valence-electron chi connectivity index (χ2n) is 7.24. The number of benzene rings is 2. The van der Waals surface area contributed by atoms with Gasteiger partial charge in [0.2, 0.25) is 5.91 Å². The molecule has 0 bridgehead atoms. The molecule has 136 valence electrons.